The Kier molecular flexibility index (Phi) is 3.22. The van der Waals surface area contributed by atoms with Crippen LogP contribution in [0.15, 0.2) is 58.3 Å². The van der Waals surface area contributed by atoms with Crippen LogP contribution in [-0.2, 0) is 14.6 Å². The number of hydrogen-bond donors (Lipinski definition) is 2. The lowest BCUT2D eigenvalue weighted by molar-refractivity contribution is -0.113. The van der Waals surface area contributed by atoms with Gasteiger partial charge in [0.2, 0.25) is 9.84 Å². The molecule has 0 radical (unpaired) electrons. The monoisotopic (exact) mass is 318 g/mol. The van der Waals surface area contributed by atoms with Crippen molar-refractivity contribution in [3.63, 3.8) is 0 Å². The van der Waals surface area contributed by atoms with Gasteiger partial charge in [0.25, 0.3) is 5.91 Å². The van der Waals surface area contributed by atoms with Crippen LogP contribution in [0.5, 0.6) is 0 Å². The first-order chi connectivity index (χ1) is 10.4. The van der Waals surface area contributed by atoms with E-state index in [2.05, 4.69) is 5.32 Å². The number of carbonyl (C=O) groups is 1. The predicted molar refractivity (Wildman–Crippen MR) is 79.8 cm³/mol. The van der Waals surface area contributed by atoms with Crippen LogP contribution in [0.2, 0.25) is 0 Å². The molecule has 1 aliphatic heterocycles. The predicted octanol–water partition coefficient (Wildman–Crippen LogP) is 1.88. The second-order valence-electron chi connectivity index (χ2n) is 4.70. The molecule has 2 aromatic rings. The zero-order valence-electron chi connectivity index (χ0n) is 11.2. The minimum Gasteiger partial charge on any atom is -0.365 e. The summed E-state index contributed by atoms with van der Waals surface area (Å²) in [7, 11) is -3.95. The Morgan fingerprint density at radius 1 is 1.05 bits per heavy atom. The highest BCUT2D eigenvalue weighted by Gasteiger charge is 2.38. The molecule has 0 bridgehead atoms. The summed E-state index contributed by atoms with van der Waals surface area (Å²) in [5, 5.41) is 2.84. The lowest BCUT2D eigenvalue weighted by Crippen LogP contribution is -2.20. The van der Waals surface area contributed by atoms with Gasteiger partial charge >= 0.3 is 0 Å². The topological polar surface area (TPSA) is 89.3 Å². The van der Waals surface area contributed by atoms with E-state index in [0.29, 0.717) is 11.3 Å². The van der Waals surface area contributed by atoms with E-state index >= 15 is 0 Å². The standard InChI is InChI=1S/C15H11FN2O3S/c16-9-5-7-10(8-6-9)18-13-11-3-1-2-4-12(11)22(20,21)14(13)15(17)19/h1-8,18H,(H2,17,19). The first kappa shape index (κ1) is 14.3. The fourth-order valence-electron chi connectivity index (χ4n) is 2.33. The van der Waals surface area contributed by atoms with Crippen molar-refractivity contribution in [3.05, 3.63) is 64.8 Å². The number of hydrogen-bond acceptors (Lipinski definition) is 4. The van der Waals surface area contributed by atoms with Crippen LogP contribution in [0, 0.1) is 5.82 Å². The van der Waals surface area contributed by atoms with Crippen LogP contribution in [0.4, 0.5) is 10.1 Å². The third-order valence-corrected chi connectivity index (χ3v) is 5.16. The zero-order valence-corrected chi connectivity index (χ0v) is 12.0. The maximum absolute atomic E-state index is 13.0. The largest absolute Gasteiger partial charge is 0.365 e. The van der Waals surface area contributed by atoms with Crippen LogP contribution in [-0.4, -0.2) is 14.3 Å². The molecule has 3 N–H and O–H groups in total. The minimum absolute atomic E-state index is 0.0217. The van der Waals surface area contributed by atoms with Crippen LogP contribution in [0.1, 0.15) is 5.56 Å². The van der Waals surface area contributed by atoms with Gasteiger partial charge in [0, 0.05) is 11.3 Å². The fraction of sp³-hybridized carbons (Fsp3) is 0. The van der Waals surface area contributed by atoms with Crippen molar-refractivity contribution in [1.29, 1.82) is 0 Å². The Labute approximate surface area is 126 Å². The van der Waals surface area contributed by atoms with Gasteiger partial charge in [0.1, 0.15) is 5.82 Å². The summed E-state index contributed by atoms with van der Waals surface area (Å²) < 4.78 is 37.8. The van der Waals surface area contributed by atoms with Crippen molar-refractivity contribution < 1.29 is 17.6 Å². The number of carbonyl (C=O) groups excluding carboxylic acids is 1. The van der Waals surface area contributed by atoms with E-state index < -0.39 is 26.5 Å². The fourth-order valence-corrected chi connectivity index (χ4v) is 3.96. The van der Waals surface area contributed by atoms with E-state index in [1.165, 1.54) is 30.3 Å². The molecule has 0 unspecified atom stereocenters. The van der Waals surface area contributed by atoms with Gasteiger partial charge in [-0.25, -0.2) is 12.8 Å². The van der Waals surface area contributed by atoms with Gasteiger partial charge in [-0.1, -0.05) is 18.2 Å². The normalized spacial score (nSPS) is 15.5. The number of halogens is 1. The zero-order chi connectivity index (χ0) is 15.9. The van der Waals surface area contributed by atoms with Crippen molar-refractivity contribution in [3.8, 4) is 0 Å². The molecule has 7 heteroatoms. The van der Waals surface area contributed by atoms with Crippen molar-refractivity contribution in [1.82, 2.24) is 0 Å². The summed E-state index contributed by atoms with van der Waals surface area (Å²) in [4.78, 5) is 11.2. The Bertz CT molecular complexity index is 903. The molecule has 1 aliphatic rings. The molecule has 0 aliphatic carbocycles. The average Bonchev–Trinajstić information content (AvgIpc) is 2.70. The van der Waals surface area contributed by atoms with Gasteiger partial charge in [0.05, 0.1) is 10.6 Å². The summed E-state index contributed by atoms with van der Waals surface area (Å²) in [6, 6.07) is 11.5. The number of benzene rings is 2. The number of nitrogens with one attached hydrogen (secondary N) is 1. The van der Waals surface area contributed by atoms with Gasteiger partial charge < -0.3 is 11.1 Å². The highest BCUT2D eigenvalue weighted by molar-refractivity contribution is 7.97. The first-order valence-corrected chi connectivity index (χ1v) is 7.81. The van der Waals surface area contributed by atoms with Crippen molar-refractivity contribution in [2.75, 3.05) is 5.32 Å². The van der Waals surface area contributed by atoms with Crippen molar-refractivity contribution in [2.45, 2.75) is 4.90 Å². The van der Waals surface area contributed by atoms with Gasteiger partial charge in [-0.2, -0.15) is 0 Å². The number of sulfone groups is 1. The molecule has 0 saturated heterocycles. The lowest BCUT2D eigenvalue weighted by atomic mass is 10.1. The third-order valence-electron chi connectivity index (χ3n) is 3.28. The van der Waals surface area contributed by atoms with Crippen molar-refractivity contribution in [2.24, 2.45) is 5.73 Å². The van der Waals surface area contributed by atoms with E-state index in [1.807, 2.05) is 0 Å². The van der Waals surface area contributed by atoms with Crippen molar-refractivity contribution >= 4 is 27.1 Å². The number of nitrogens with two attached hydrogens (primary N) is 1. The molecule has 0 atom stereocenters. The quantitative estimate of drug-likeness (QED) is 0.904. The SMILES string of the molecule is NC(=O)C1=C(Nc2ccc(F)cc2)c2ccccc2S1(=O)=O. The first-order valence-electron chi connectivity index (χ1n) is 6.32. The van der Waals surface area contributed by atoms with Crippen LogP contribution in [0.3, 0.4) is 0 Å². The molecule has 2 aromatic carbocycles. The van der Waals surface area contributed by atoms with Crippen LogP contribution in [0.25, 0.3) is 5.70 Å². The van der Waals surface area contributed by atoms with Gasteiger partial charge in [0.15, 0.2) is 4.91 Å². The van der Waals surface area contributed by atoms with Gasteiger partial charge in [-0.05, 0) is 30.3 Å². The molecular weight excluding hydrogens is 307 g/mol. The molecule has 0 aromatic heterocycles. The molecule has 3 rings (SSSR count). The highest BCUT2D eigenvalue weighted by atomic mass is 32.2. The van der Waals surface area contributed by atoms with Crippen LogP contribution < -0.4 is 11.1 Å². The van der Waals surface area contributed by atoms with Crippen LogP contribution >= 0.6 is 0 Å². The number of primary amides is 1. The molecule has 0 fully saturated rings. The Morgan fingerprint density at radius 3 is 2.32 bits per heavy atom. The van der Waals surface area contributed by atoms with E-state index in [-0.39, 0.29) is 10.6 Å². The molecule has 0 spiro atoms. The number of rotatable bonds is 3. The molecule has 22 heavy (non-hydrogen) atoms. The van der Waals surface area contributed by atoms with E-state index in [4.69, 9.17) is 5.73 Å². The minimum atomic E-state index is -3.95. The summed E-state index contributed by atoms with van der Waals surface area (Å²) in [6.45, 7) is 0. The highest BCUT2D eigenvalue weighted by Crippen LogP contribution is 2.39. The van der Waals surface area contributed by atoms with E-state index in [1.54, 1.807) is 18.2 Å². The van der Waals surface area contributed by atoms with Gasteiger partial charge in [-0.3, -0.25) is 4.79 Å². The third kappa shape index (κ3) is 2.15. The summed E-state index contributed by atoms with van der Waals surface area (Å²) in [5.74, 6) is -1.46. The second kappa shape index (κ2) is 4.96. The lowest BCUT2D eigenvalue weighted by Gasteiger charge is -2.09. The average molecular weight is 318 g/mol. The second-order valence-corrected chi connectivity index (χ2v) is 6.55. The number of amides is 1. The molecule has 1 heterocycles. The Hall–Kier alpha value is -2.67. The van der Waals surface area contributed by atoms with Gasteiger partial charge in [-0.15, -0.1) is 0 Å². The Balaban J connectivity index is 2.19. The maximum atomic E-state index is 13.0. The molecule has 1 amide bonds. The summed E-state index contributed by atoms with van der Waals surface area (Å²) in [6.07, 6.45) is 0. The smallest absolute Gasteiger partial charge is 0.262 e. The molecule has 5 nitrogen and oxygen atoms in total. The number of fused-ring (bicyclic) bond motifs is 1. The number of anilines is 1. The van der Waals surface area contributed by atoms with E-state index in [9.17, 15) is 17.6 Å². The molecule has 0 saturated carbocycles. The molecular formula is C15H11FN2O3S. The summed E-state index contributed by atoms with van der Waals surface area (Å²) >= 11 is 0. The molecule has 112 valence electrons. The Morgan fingerprint density at radius 2 is 1.68 bits per heavy atom. The maximum Gasteiger partial charge on any atom is 0.262 e. The summed E-state index contributed by atoms with van der Waals surface area (Å²) in [5.41, 5.74) is 6.16. The van der Waals surface area contributed by atoms with E-state index in [0.717, 1.165) is 0 Å².